The quantitative estimate of drug-likeness (QED) is 0.595. The molecule has 78 valence electrons. The van der Waals surface area contributed by atoms with Gasteiger partial charge in [0.25, 0.3) is 5.91 Å². The van der Waals surface area contributed by atoms with Crippen LogP contribution in [0.1, 0.15) is 19.8 Å². The van der Waals surface area contributed by atoms with E-state index in [1.165, 1.54) is 0 Å². The highest BCUT2D eigenvalue weighted by atomic mass is 16.5. The van der Waals surface area contributed by atoms with Crippen LogP contribution >= 0.6 is 0 Å². The van der Waals surface area contributed by atoms with Crippen molar-refractivity contribution in [3.8, 4) is 0 Å². The SMILES string of the molecule is CC1OCCC1CN1CCC(=O)C1=O. The number of amides is 1. The van der Waals surface area contributed by atoms with Crippen LogP contribution in [0.3, 0.4) is 0 Å². The second-order valence-corrected chi connectivity index (χ2v) is 4.05. The van der Waals surface area contributed by atoms with E-state index in [0.717, 1.165) is 13.0 Å². The summed E-state index contributed by atoms with van der Waals surface area (Å²) in [5.41, 5.74) is 0. The number of hydrogen-bond donors (Lipinski definition) is 0. The Morgan fingerprint density at radius 2 is 2.29 bits per heavy atom. The molecular weight excluding hydrogens is 182 g/mol. The smallest absolute Gasteiger partial charge is 0.290 e. The van der Waals surface area contributed by atoms with Gasteiger partial charge in [-0.15, -0.1) is 0 Å². The van der Waals surface area contributed by atoms with Gasteiger partial charge >= 0.3 is 0 Å². The van der Waals surface area contributed by atoms with E-state index in [4.69, 9.17) is 4.74 Å². The van der Waals surface area contributed by atoms with E-state index in [1.807, 2.05) is 6.92 Å². The summed E-state index contributed by atoms with van der Waals surface area (Å²) in [6, 6.07) is 0. The van der Waals surface area contributed by atoms with Crippen molar-refractivity contribution in [3.63, 3.8) is 0 Å². The Hall–Kier alpha value is -0.900. The molecule has 2 saturated heterocycles. The minimum atomic E-state index is -0.302. The zero-order chi connectivity index (χ0) is 10.1. The number of likely N-dealkylation sites (tertiary alicyclic amines) is 1. The van der Waals surface area contributed by atoms with E-state index in [0.29, 0.717) is 25.4 Å². The molecule has 2 aliphatic rings. The van der Waals surface area contributed by atoms with Gasteiger partial charge in [-0.2, -0.15) is 0 Å². The second kappa shape index (κ2) is 3.69. The van der Waals surface area contributed by atoms with E-state index >= 15 is 0 Å². The van der Waals surface area contributed by atoms with Crippen molar-refractivity contribution in [1.29, 1.82) is 0 Å². The van der Waals surface area contributed by atoms with Crippen molar-refractivity contribution in [3.05, 3.63) is 0 Å². The molecule has 0 aliphatic carbocycles. The average molecular weight is 197 g/mol. The van der Waals surface area contributed by atoms with E-state index < -0.39 is 0 Å². The predicted molar refractivity (Wildman–Crippen MR) is 49.7 cm³/mol. The molecule has 0 radical (unpaired) electrons. The first-order valence-corrected chi connectivity index (χ1v) is 5.12. The van der Waals surface area contributed by atoms with Crippen LogP contribution in [0.5, 0.6) is 0 Å². The topological polar surface area (TPSA) is 46.6 Å². The first-order valence-electron chi connectivity index (χ1n) is 5.12. The molecule has 2 heterocycles. The summed E-state index contributed by atoms with van der Waals surface area (Å²) in [5.74, 6) is -0.134. The van der Waals surface area contributed by atoms with Crippen LogP contribution in [0.4, 0.5) is 0 Å². The van der Waals surface area contributed by atoms with E-state index in [2.05, 4.69) is 0 Å². The van der Waals surface area contributed by atoms with Crippen molar-refractivity contribution in [2.24, 2.45) is 5.92 Å². The van der Waals surface area contributed by atoms with Crippen molar-refractivity contribution in [2.75, 3.05) is 19.7 Å². The zero-order valence-electron chi connectivity index (χ0n) is 8.36. The molecule has 0 aromatic carbocycles. The minimum Gasteiger partial charge on any atom is -0.378 e. The lowest BCUT2D eigenvalue weighted by Gasteiger charge is -2.21. The predicted octanol–water partition coefficient (Wildman–Crippen LogP) is 0.213. The van der Waals surface area contributed by atoms with Gasteiger partial charge in [0, 0.05) is 32.0 Å². The first kappa shape index (κ1) is 9.65. The highest BCUT2D eigenvalue weighted by Gasteiger charge is 2.33. The molecule has 0 bridgehead atoms. The number of hydrogen-bond acceptors (Lipinski definition) is 3. The number of nitrogens with zero attached hydrogens (tertiary/aromatic N) is 1. The summed E-state index contributed by atoms with van der Waals surface area (Å²) < 4.78 is 5.41. The van der Waals surface area contributed by atoms with Crippen molar-refractivity contribution in [1.82, 2.24) is 4.90 Å². The second-order valence-electron chi connectivity index (χ2n) is 4.05. The molecule has 0 saturated carbocycles. The number of ether oxygens (including phenoxy) is 1. The molecule has 14 heavy (non-hydrogen) atoms. The summed E-state index contributed by atoms with van der Waals surface area (Å²) in [7, 11) is 0. The number of carbonyl (C=O) groups is 2. The lowest BCUT2D eigenvalue weighted by atomic mass is 10.0. The summed E-state index contributed by atoms with van der Waals surface area (Å²) in [6.45, 7) is 4.09. The molecule has 0 spiro atoms. The molecule has 4 nitrogen and oxygen atoms in total. The lowest BCUT2D eigenvalue weighted by Crippen LogP contribution is -2.34. The van der Waals surface area contributed by atoms with Gasteiger partial charge in [-0.05, 0) is 13.3 Å². The van der Waals surface area contributed by atoms with Crippen LogP contribution in [0.15, 0.2) is 0 Å². The molecule has 2 unspecified atom stereocenters. The van der Waals surface area contributed by atoms with Gasteiger partial charge in [-0.25, -0.2) is 0 Å². The van der Waals surface area contributed by atoms with Gasteiger partial charge in [-0.1, -0.05) is 0 Å². The van der Waals surface area contributed by atoms with Crippen LogP contribution in [0.2, 0.25) is 0 Å². The fourth-order valence-electron chi connectivity index (χ4n) is 2.09. The maximum Gasteiger partial charge on any atom is 0.290 e. The molecule has 2 fully saturated rings. The van der Waals surface area contributed by atoms with Crippen LogP contribution in [0, 0.1) is 5.92 Å². The Morgan fingerprint density at radius 3 is 2.79 bits per heavy atom. The van der Waals surface area contributed by atoms with Gasteiger partial charge in [-0.3, -0.25) is 9.59 Å². The van der Waals surface area contributed by atoms with E-state index in [9.17, 15) is 9.59 Å². The molecular formula is C10H15NO3. The van der Waals surface area contributed by atoms with E-state index in [-0.39, 0.29) is 17.8 Å². The summed E-state index contributed by atoms with van der Waals surface area (Å²) in [5, 5.41) is 0. The largest absolute Gasteiger partial charge is 0.378 e. The number of carbonyl (C=O) groups excluding carboxylic acids is 2. The van der Waals surface area contributed by atoms with Crippen molar-refractivity contribution in [2.45, 2.75) is 25.9 Å². The highest BCUT2D eigenvalue weighted by Crippen LogP contribution is 2.22. The fraction of sp³-hybridized carbons (Fsp3) is 0.800. The Balaban J connectivity index is 1.91. The average Bonchev–Trinajstić information content (AvgIpc) is 2.68. The van der Waals surface area contributed by atoms with E-state index in [1.54, 1.807) is 4.90 Å². The van der Waals surface area contributed by atoms with Gasteiger partial charge in [0.1, 0.15) is 0 Å². The van der Waals surface area contributed by atoms with Gasteiger partial charge in [0.05, 0.1) is 6.10 Å². The molecule has 2 aliphatic heterocycles. The molecule has 1 amide bonds. The monoisotopic (exact) mass is 197 g/mol. The molecule has 0 N–H and O–H groups in total. The minimum absolute atomic E-state index is 0.221. The van der Waals surface area contributed by atoms with Crippen LogP contribution in [-0.4, -0.2) is 42.4 Å². The van der Waals surface area contributed by atoms with Crippen molar-refractivity contribution < 1.29 is 14.3 Å². The Morgan fingerprint density at radius 1 is 1.50 bits per heavy atom. The third kappa shape index (κ3) is 1.66. The normalized spacial score (nSPS) is 33.1. The fourth-order valence-corrected chi connectivity index (χ4v) is 2.09. The summed E-state index contributed by atoms with van der Waals surface area (Å²) >= 11 is 0. The summed E-state index contributed by atoms with van der Waals surface area (Å²) in [4.78, 5) is 24.0. The molecule has 0 aromatic rings. The maximum absolute atomic E-state index is 11.3. The summed E-state index contributed by atoms with van der Waals surface area (Å²) in [6.07, 6.45) is 1.61. The van der Waals surface area contributed by atoms with Gasteiger partial charge < -0.3 is 9.64 Å². The van der Waals surface area contributed by atoms with Crippen LogP contribution < -0.4 is 0 Å². The Kier molecular flexibility index (Phi) is 2.54. The van der Waals surface area contributed by atoms with Crippen LogP contribution in [-0.2, 0) is 14.3 Å². The Labute approximate surface area is 83.2 Å². The lowest BCUT2D eigenvalue weighted by molar-refractivity contribution is -0.140. The van der Waals surface area contributed by atoms with Gasteiger partial charge in [0.2, 0.25) is 5.78 Å². The molecule has 2 rings (SSSR count). The zero-order valence-corrected chi connectivity index (χ0v) is 8.36. The standard InChI is InChI=1S/C10H15NO3/c1-7-8(3-5-14-7)6-11-4-2-9(12)10(11)13/h7-8H,2-6H2,1H3. The molecule has 4 heteroatoms. The Bertz CT molecular complexity index is 264. The first-order chi connectivity index (χ1) is 6.68. The molecule has 0 aromatic heterocycles. The number of Topliss-reactive ketones (excluding diaryl/α,β-unsaturated/α-hetero) is 1. The number of ketones is 1. The highest BCUT2D eigenvalue weighted by molar-refractivity contribution is 6.37. The third-order valence-corrected chi connectivity index (χ3v) is 3.12. The molecule has 2 atom stereocenters. The van der Waals surface area contributed by atoms with Crippen LogP contribution in [0.25, 0.3) is 0 Å². The third-order valence-electron chi connectivity index (χ3n) is 3.12. The van der Waals surface area contributed by atoms with Gasteiger partial charge in [0.15, 0.2) is 0 Å². The number of rotatable bonds is 2. The maximum atomic E-state index is 11.3. The van der Waals surface area contributed by atoms with Crippen molar-refractivity contribution >= 4 is 11.7 Å².